The first-order chi connectivity index (χ1) is 23.8. The Bertz CT molecular complexity index is 1820. The number of alkyl halides is 3. The van der Waals surface area contributed by atoms with E-state index in [4.69, 9.17) is 16.3 Å². The summed E-state index contributed by atoms with van der Waals surface area (Å²) in [6.45, 7) is 0.811. The number of rotatable bonds is 13. The number of amides is 3. The first-order valence-electron chi connectivity index (χ1n) is 15.6. The van der Waals surface area contributed by atoms with E-state index in [0.29, 0.717) is 28.4 Å². The van der Waals surface area contributed by atoms with Crippen LogP contribution in [0.15, 0.2) is 72.8 Å². The molecule has 1 heterocycles. The molecule has 0 unspecified atom stereocenters. The van der Waals surface area contributed by atoms with Gasteiger partial charge in [0, 0.05) is 42.1 Å². The summed E-state index contributed by atoms with van der Waals surface area (Å²) < 4.78 is 43.5. The fourth-order valence-corrected chi connectivity index (χ4v) is 4.95. The van der Waals surface area contributed by atoms with Gasteiger partial charge in [0.25, 0.3) is 5.91 Å². The van der Waals surface area contributed by atoms with Gasteiger partial charge in [-0.3, -0.25) is 14.4 Å². The molecule has 5 rings (SSSR count). The highest BCUT2D eigenvalue weighted by Gasteiger charge is 2.45. The van der Waals surface area contributed by atoms with Crippen molar-refractivity contribution in [3.8, 4) is 6.01 Å². The quantitative estimate of drug-likeness (QED) is 0.0992. The van der Waals surface area contributed by atoms with E-state index in [9.17, 15) is 27.6 Å². The molecule has 1 aliphatic rings. The number of nitrogens with one attached hydrogen (secondary N) is 4. The van der Waals surface area contributed by atoms with E-state index in [2.05, 4.69) is 36.2 Å². The van der Waals surface area contributed by atoms with Gasteiger partial charge in [-0.2, -0.15) is 28.1 Å². The van der Waals surface area contributed by atoms with Crippen molar-refractivity contribution in [2.24, 2.45) is 0 Å². The van der Waals surface area contributed by atoms with Crippen LogP contribution in [0.2, 0.25) is 5.02 Å². The van der Waals surface area contributed by atoms with Crippen molar-refractivity contribution in [3.63, 3.8) is 0 Å². The third kappa shape index (κ3) is 10.0. The average molecular weight is 711 g/mol. The van der Waals surface area contributed by atoms with Gasteiger partial charge < -0.3 is 30.9 Å². The number of hydrogen-bond donors (Lipinski definition) is 4. The lowest BCUT2D eigenvalue weighted by atomic mass is 10.1. The van der Waals surface area contributed by atoms with Crippen LogP contribution in [0, 0.1) is 6.92 Å². The molecule has 50 heavy (non-hydrogen) atoms. The Labute approximate surface area is 290 Å². The van der Waals surface area contributed by atoms with Crippen LogP contribution >= 0.6 is 11.6 Å². The minimum Gasteiger partial charge on any atom is -0.454 e. The first kappa shape index (κ1) is 35.9. The SMILES string of the molecule is Cc1ccc(NC(=O)C(=O)N(C)CCCNC(=O)c2ccc(Nc3nc(NC4(c5ccc(Cl)cc5)CC4)nc(OCC(F)(F)F)n3)cc2)cc1. The van der Waals surface area contributed by atoms with Gasteiger partial charge in [0.05, 0.1) is 5.54 Å². The maximum Gasteiger partial charge on any atom is 0.422 e. The predicted octanol–water partition coefficient (Wildman–Crippen LogP) is 5.84. The number of likely N-dealkylation sites (N-methyl/N-ethyl adjacent to an activating group) is 1. The lowest BCUT2D eigenvalue weighted by Crippen LogP contribution is -2.38. The fraction of sp³-hybridized carbons (Fsp3) is 0.294. The molecule has 1 aliphatic carbocycles. The summed E-state index contributed by atoms with van der Waals surface area (Å²) in [6, 6.07) is 20.0. The number of aromatic nitrogens is 3. The Morgan fingerprint density at radius 1 is 0.900 bits per heavy atom. The van der Waals surface area contributed by atoms with Gasteiger partial charge in [-0.15, -0.1) is 0 Å². The van der Waals surface area contributed by atoms with Crippen molar-refractivity contribution >= 4 is 52.6 Å². The summed E-state index contributed by atoms with van der Waals surface area (Å²) in [5, 5.41) is 12.0. The highest BCUT2D eigenvalue weighted by atomic mass is 35.5. The molecule has 3 amide bonds. The second-order valence-electron chi connectivity index (χ2n) is 11.7. The molecule has 1 fully saturated rings. The zero-order chi connectivity index (χ0) is 35.9. The molecule has 12 nitrogen and oxygen atoms in total. The number of nitrogens with zero attached hydrogens (tertiary/aromatic N) is 4. The van der Waals surface area contributed by atoms with E-state index in [0.717, 1.165) is 24.0 Å². The van der Waals surface area contributed by atoms with Crippen LogP contribution in [0.1, 0.15) is 40.7 Å². The lowest BCUT2D eigenvalue weighted by Gasteiger charge is -2.19. The third-order valence-electron chi connectivity index (χ3n) is 7.69. The topological polar surface area (TPSA) is 150 Å². The van der Waals surface area contributed by atoms with Gasteiger partial charge in [0.1, 0.15) is 0 Å². The fourth-order valence-electron chi connectivity index (χ4n) is 4.82. The lowest BCUT2D eigenvalue weighted by molar-refractivity contribution is -0.154. The molecule has 4 aromatic rings. The summed E-state index contributed by atoms with van der Waals surface area (Å²) in [6.07, 6.45) is -2.71. The average Bonchev–Trinajstić information content (AvgIpc) is 3.86. The van der Waals surface area contributed by atoms with Gasteiger partial charge >= 0.3 is 24.0 Å². The Kier molecular flexibility index (Phi) is 11.0. The number of hydrogen-bond acceptors (Lipinski definition) is 9. The Balaban J connectivity index is 1.15. The molecule has 0 spiro atoms. The van der Waals surface area contributed by atoms with E-state index >= 15 is 0 Å². The van der Waals surface area contributed by atoms with Crippen molar-refractivity contribution in [1.82, 2.24) is 25.2 Å². The summed E-state index contributed by atoms with van der Waals surface area (Å²) in [7, 11) is 1.51. The second kappa shape index (κ2) is 15.4. The summed E-state index contributed by atoms with van der Waals surface area (Å²) in [5.41, 5.74) is 2.73. The van der Waals surface area contributed by atoms with Gasteiger partial charge in [-0.05, 0) is 80.3 Å². The van der Waals surface area contributed by atoms with Gasteiger partial charge in [0.15, 0.2) is 6.61 Å². The van der Waals surface area contributed by atoms with Gasteiger partial charge in [0.2, 0.25) is 11.9 Å². The molecule has 0 atom stereocenters. The Morgan fingerprint density at radius 2 is 1.54 bits per heavy atom. The number of halogens is 4. The number of benzene rings is 3. The van der Waals surface area contributed by atoms with E-state index < -0.39 is 36.1 Å². The number of carbonyl (C=O) groups is 3. The molecule has 16 heteroatoms. The number of aryl methyl sites for hydroxylation is 1. The van der Waals surface area contributed by atoms with Crippen molar-refractivity contribution in [1.29, 1.82) is 0 Å². The van der Waals surface area contributed by atoms with Gasteiger partial charge in [-0.25, -0.2) is 0 Å². The number of carbonyl (C=O) groups excluding carboxylic acids is 3. The zero-order valence-corrected chi connectivity index (χ0v) is 27.9. The van der Waals surface area contributed by atoms with Crippen molar-refractivity contribution in [3.05, 3.63) is 94.5 Å². The molecule has 1 aromatic heterocycles. The molecule has 0 saturated heterocycles. The van der Waals surface area contributed by atoms with Gasteiger partial charge in [-0.1, -0.05) is 41.4 Å². The van der Waals surface area contributed by atoms with Crippen LogP contribution in [-0.2, 0) is 15.1 Å². The highest BCUT2D eigenvalue weighted by Crippen LogP contribution is 2.48. The van der Waals surface area contributed by atoms with Crippen molar-refractivity contribution < 1.29 is 32.3 Å². The number of anilines is 4. The molecular formula is C34H34ClF3N8O4. The molecular weight excluding hydrogens is 677 g/mol. The van der Waals surface area contributed by atoms with E-state index in [1.165, 1.54) is 11.9 Å². The second-order valence-corrected chi connectivity index (χ2v) is 12.2. The molecule has 3 aromatic carbocycles. The minimum atomic E-state index is -4.60. The normalized spacial score (nSPS) is 13.2. The summed E-state index contributed by atoms with van der Waals surface area (Å²) in [4.78, 5) is 51.1. The van der Waals surface area contributed by atoms with Crippen LogP contribution in [0.3, 0.4) is 0 Å². The van der Waals surface area contributed by atoms with Crippen LogP contribution < -0.4 is 26.0 Å². The third-order valence-corrected chi connectivity index (χ3v) is 7.94. The summed E-state index contributed by atoms with van der Waals surface area (Å²) >= 11 is 6.02. The molecule has 0 aliphatic heterocycles. The smallest absolute Gasteiger partial charge is 0.422 e. The number of ether oxygens (including phenoxy) is 1. The molecule has 1 saturated carbocycles. The van der Waals surface area contributed by atoms with E-state index in [-0.39, 0.29) is 30.9 Å². The van der Waals surface area contributed by atoms with E-state index in [1.807, 2.05) is 31.2 Å². The standard InChI is InChI=1S/C34H34ClF3N8O4/c1-21-4-12-25(13-5-21)40-28(48)29(49)46(2)19-3-18-39-27(47)22-6-14-26(15-7-22)41-30-42-31(44-32(43-30)50-20-34(36,37)38)45-33(16-17-33)23-8-10-24(35)11-9-23/h4-15H,3,16-20H2,1-2H3,(H,39,47)(H,40,48)(H2,41,42,43,44,45). The summed E-state index contributed by atoms with van der Waals surface area (Å²) in [5.74, 6) is -1.88. The molecule has 0 radical (unpaired) electrons. The van der Waals surface area contributed by atoms with Crippen molar-refractivity contribution in [2.45, 2.75) is 37.9 Å². The largest absolute Gasteiger partial charge is 0.454 e. The Hall–Kier alpha value is -5.44. The highest BCUT2D eigenvalue weighted by molar-refractivity contribution is 6.39. The van der Waals surface area contributed by atoms with Crippen LogP contribution in [0.25, 0.3) is 0 Å². The molecule has 4 N–H and O–H groups in total. The van der Waals surface area contributed by atoms with Crippen molar-refractivity contribution in [2.75, 3.05) is 42.7 Å². The molecule has 0 bridgehead atoms. The van der Waals surface area contributed by atoms with Crippen LogP contribution in [0.4, 0.5) is 36.4 Å². The maximum absolute atomic E-state index is 12.9. The molecule has 262 valence electrons. The Morgan fingerprint density at radius 3 is 2.18 bits per heavy atom. The predicted molar refractivity (Wildman–Crippen MR) is 181 cm³/mol. The zero-order valence-electron chi connectivity index (χ0n) is 27.1. The maximum atomic E-state index is 12.9. The minimum absolute atomic E-state index is 0.0161. The monoisotopic (exact) mass is 710 g/mol. The first-order valence-corrected chi connectivity index (χ1v) is 15.9. The van der Waals surface area contributed by atoms with E-state index in [1.54, 1.807) is 48.5 Å². The van der Waals surface area contributed by atoms with Crippen LogP contribution in [-0.4, -0.2) is 70.5 Å². The van der Waals surface area contributed by atoms with Crippen LogP contribution in [0.5, 0.6) is 6.01 Å².